The van der Waals surface area contributed by atoms with E-state index in [2.05, 4.69) is 5.32 Å². The zero-order chi connectivity index (χ0) is 10.9. The quantitative estimate of drug-likeness (QED) is 0.640. The first-order chi connectivity index (χ1) is 7.74. The topological polar surface area (TPSA) is 55.1 Å². The van der Waals surface area contributed by atoms with E-state index in [0.29, 0.717) is 35.1 Å². The normalized spacial score (nSPS) is 52.3. The van der Waals surface area contributed by atoms with Gasteiger partial charge in [-0.3, -0.25) is 4.79 Å². The molecule has 1 heterocycles. The average Bonchev–Trinajstić information content (AvgIpc) is 2.81. The van der Waals surface area contributed by atoms with E-state index in [0.717, 1.165) is 6.42 Å². The highest BCUT2D eigenvalue weighted by Crippen LogP contribution is 2.67. The van der Waals surface area contributed by atoms with Crippen LogP contribution in [-0.2, 0) is 4.79 Å². The summed E-state index contributed by atoms with van der Waals surface area (Å²) in [5, 5.41) is 3.16. The third-order valence-electron chi connectivity index (χ3n) is 6.04. The van der Waals surface area contributed by atoms with Gasteiger partial charge in [-0.15, -0.1) is 0 Å². The summed E-state index contributed by atoms with van der Waals surface area (Å²) in [4.78, 5) is 11.9. The van der Waals surface area contributed by atoms with Crippen molar-refractivity contribution in [3.8, 4) is 0 Å². The first-order valence-electron chi connectivity index (χ1n) is 6.80. The maximum absolute atomic E-state index is 11.9. The molecule has 1 amide bonds. The lowest BCUT2D eigenvalue weighted by atomic mass is 9.66. The van der Waals surface area contributed by atoms with Gasteiger partial charge >= 0.3 is 0 Å². The summed E-state index contributed by atoms with van der Waals surface area (Å²) in [5.74, 6) is 1.83. The van der Waals surface area contributed by atoms with Crippen LogP contribution in [0.2, 0.25) is 0 Å². The van der Waals surface area contributed by atoms with Gasteiger partial charge in [-0.1, -0.05) is 19.3 Å². The van der Waals surface area contributed by atoms with Crippen LogP contribution in [0, 0.1) is 23.2 Å². The van der Waals surface area contributed by atoms with Crippen LogP contribution in [0.15, 0.2) is 0 Å². The average molecular weight is 220 g/mol. The van der Waals surface area contributed by atoms with Crippen molar-refractivity contribution in [1.29, 1.82) is 0 Å². The Morgan fingerprint density at radius 2 is 2.00 bits per heavy atom. The minimum Gasteiger partial charge on any atom is -0.351 e. The highest BCUT2D eigenvalue weighted by atomic mass is 16.2. The number of carbonyl (C=O) groups is 1. The van der Waals surface area contributed by atoms with Crippen LogP contribution in [0.3, 0.4) is 0 Å². The van der Waals surface area contributed by atoms with E-state index in [1.165, 1.54) is 32.1 Å². The van der Waals surface area contributed by atoms with Gasteiger partial charge in [-0.2, -0.15) is 0 Å². The lowest BCUT2D eigenvalue weighted by molar-refractivity contribution is -0.122. The second-order valence-electron chi connectivity index (χ2n) is 6.38. The molecule has 16 heavy (non-hydrogen) atoms. The van der Waals surface area contributed by atoms with Gasteiger partial charge in [0.2, 0.25) is 5.91 Å². The Balaban J connectivity index is 1.79. The van der Waals surface area contributed by atoms with Crippen molar-refractivity contribution in [1.82, 2.24) is 5.32 Å². The maximum atomic E-state index is 11.9. The van der Waals surface area contributed by atoms with Crippen molar-refractivity contribution >= 4 is 5.91 Å². The Bertz CT molecular complexity index is 348. The molecule has 4 aliphatic rings. The molecule has 3 nitrogen and oxygen atoms in total. The molecule has 0 radical (unpaired) electrons. The van der Waals surface area contributed by atoms with Gasteiger partial charge in [-0.05, 0) is 36.5 Å². The van der Waals surface area contributed by atoms with Crippen molar-refractivity contribution in [2.75, 3.05) is 0 Å². The van der Waals surface area contributed by atoms with Gasteiger partial charge in [0, 0.05) is 18.0 Å². The van der Waals surface area contributed by atoms with E-state index in [9.17, 15) is 4.79 Å². The van der Waals surface area contributed by atoms with E-state index in [1.807, 2.05) is 0 Å². The first kappa shape index (κ1) is 9.46. The smallest absolute Gasteiger partial charge is 0.223 e. The molecular formula is C13H20N2O. The molecule has 3 aliphatic carbocycles. The largest absolute Gasteiger partial charge is 0.351 e. The van der Waals surface area contributed by atoms with Crippen LogP contribution in [0.25, 0.3) is 0 Å². The highest BCUT2D eigenvalue weighted by molar-refractivity contribution is 5.83. The summed E-state index contributed by atoms with van der Waals surface area (Å²) in [6, 6.07) is 0.556. The Morgan fingerprint density at radius 1 is 1.25 bits per heavy atom. The molecule has 1 aliphatic heterocycles. The Hall–Kier alpha value is -0.570. The molecule has 4 fully saturated rings. The van der Waals surface area contributed by atoms with Crippen molar-refractivity contribution < 1.29 is 4.79 Å². The zero-order valence-corrected chi connectivity index (χ0v) is 9.61. The number of hydrogen-bond donors (Lipinski definition) is 2. The lowest BCUT2D eigenvalue weighted by Crippen LogP contribution is -2.44. The van der Waals surface area contributed by atoms with E-state index in [1.54, 1.807) is 0 Å². The van der Waals surface area contributed by atoms with Crippen molar-refractivity contribution in [3.63, 3.8) is 0 Å². The van der Waals surface area contributed by atoms with Crippen LogP contribution in [0.5, 0.6) is 0 Å². The molecule has 0 unspecified atom stereocenters. The molecule has 3 saturated carbocycles. The van der Waals surface area contributed by atoms with Crippen molar-refractivity contribution in [3.05, 3.63) is 0 Å². The lowest BCUT2D eigenvalue weighted by Gasteiger charge is -2.38. The Labute approximate surface area is 96.1 Å². The number of nitrogens with two attached hydrogens (primary N) is 1. The van der Waals surface area contributed by atoms with Gasteiger partial charge in [0.15, 0.2) is 0 Å². The summed E-state index contributed by atoms with van der Waals surface area (Å²) in [7, 11) is 0. The number of nitrogens with one attached hydrogen (secondary N) is 1. The van der Waals surface area contributed by atoms with Crippen LogP contribution in [-0.4, -0.2) is 18.0 Å². The number of carbonyl (C=O) groups excluding carboxylic acids is 1. The van der Waals surface area contributed by atoms with Gasteiger partial charge < -0.3 is 11.1 Å². The molecule has 88 valence electrons. The molecule has 2 bridgehead atoms. The summed E-state index contributed by atoms with van der Waals surface area (Å²) in [5.41, 5.74) is 6.80. The van der Waals surface area contributed by atoms with Crippen molar-refractivity contribution in [2.45, 2.75) is 50.6 Å². The van der Waals surface area contributed by atoms with Gasteiger partial charge in [0.1, 0.15) is 0 Å². The number of amides is 1. The fourth-order valence-corrected chi connectivity index (χ4v) is 5.58. The molecule has 3 N–H and O–H groups in total. The van der Waals surface area contributed by atoms with Crippen LogP contribution in [0.1, 0.15) is 38.5 Å². The SMILES string of the molecule is N[C@@H]1[C@H]2NC(=O)[C@H]3C[C@H]1C1(CCCCC1)[C@@H]23. The van der Waals surface area contributed by atoms with Gasteiger partial charge in [0.05, 0.1) is 0 Å². The molecule has 4 rings (SSSR count). The van der Waals surface area contributed by atoms with Crippen LogP contribution >= 0.6 is 0 Å². The monoisotopic (exact) mass is 220 g/mol. The fourth-order valence-electron chi connectivity index (χ4n) is 5.58. The second-order valence-corrected chi connectivity index (χ2v) is 6.38. The number of hydrogen-bond acceptors (Lipinski definition) is 2. The van der Waals surface area contributed by atoms with Gasteiger partial charge in [0.25, 0.3) is 0 Å². The summed E-state index contributed by atoms with van der Waals surface area (Å²) < 4.78 is 0. The van der Waals surface area contributed by atoms with E-state index in [-0.39, 0.29) is 6.04 Å². The van der Waals surface area contributed by atoms with Gasteiger partial charge in [-0.25, -0.2) is 0 Å². The summed E-state index contributed by atoms with van der Waals surface area (Å²) in [6.07, 6.45) is 7.83. The predicted molar refractivity (Wildman–Crippen MR) is 60.5 cm³/mol. The minimum absolute atomic E-state index is 0.241. The minimum atomic E-state index is 0.241. The predicted octanol–water partition coefficient (Wildman–Crippen LogP) is 1.03. The standard InChI is InChI=1S/C13H20N2O/c14-10-8-6-7-9(11(10)15-12(7)16)13(8)4-2-1-3-5-13/h7-11H,1-6,14H2,(H,15,16)/t7-,8+,9+,10-,11-/m0/s1. The molecule has 1 saturated heterocycles. The molecule has 5 atom stereocenters. The van der Waals surface area contributed by atoms with E-state index < -0.39 is 0 Å². The Morgan fingerprint density at radius 3 is 2.75 bits per heavy atom. The first-order valence-corrected chi connectivity index (χ1v) is 6.80. The maximum Gasteiger partial charge on any atom is 0.223 e. The third kappa shape index (κ3) is 0.849. The summed E-state index contributed by atoms with van der Waals surface area (Å²) in [6.45, 7) is 0. The highest BCUT2D eigenvalue weighted by Gasteiger charge is 2.70. The molecular weight excluding hydrogens is 200 g/mol. The summed E-state index contributed by atoms with van der Waals surface area (Å²) >= 11 is 0. The fraction of sp³-hybridized carbons (Fsp3) is 0.923. The molecule has 1 spiro atoms. The molecule has 0 aromatic heterocycles. The number of rotatable bonds is 0. The van der Waals surface area contributed by atoms with E-state index >= 15 is 0 Å². The molecule has 0 aromatic rings. The van der Waals surface area contributed by atoms with Crippen LogP contribution in [0.4, 0.5) is 0 Å². The van der Waals surface area contributed by atoms with Crippen LogP contribution < -0.4 is 11.1 Å². The molecule has 0 aromatic carbocycles. The van der Waals surface area contributed by atoms with E-state index in [4.69, 9.17) is 5.73 Å². The Kier molecular flexibility index (Phi) is 1.66. The second kappa shape index (κ2) is 2.81. The molecule has 3 heteroatoms. The third-order valence-corrected chi connectivity index (χ3v) is 6.04. The van der Waals surface area contributed by atoms with Crippen molar-refractivity contribution in [2.24, 2.45) is 28.9 Å². The zero-order valence-electron chi connectivity index (χ0n) is 9.61.